The van der Waals surface area contributed by atoms with Crippen molar-refractivity contribution in [3.63, 3.8) is 0 Å². The third kappa shape index (κ3) is 3.96. The number of carbonyl (C=O) groups is 2. The zero-order valence-corrected chi connectivity index (χ0v) is 14.9. The molecule has 3 rings (SSSR count). The summed E-state index contributed by atoms with van der Waals surface area (Å²) in [7, 11) is 0. The molecule has 0 bridgehead atoms. The molecule has 0 saturated heterocycles. The molecule has 3 N–H and O–H groups in total. The number of hydrogen-bond donors (Lipinski definition) is 2. The van der Waals surface area contributed by atoms with E-state index in [0.717, 1.165) is 17.0 Å². The van der Waals surface area contributed by atoms with Crippen LogP contribution in [0.15, 0.2) is 53.4 Å². The fourth-order valence-corrected chi connectivity index (χ4v) is 3.98. The highest BCUT2D eigenvalue weighted by Crippen LogP contribution is 2.37. The molecule has 0 spiro atoms. The summed E-state index contributed by atoms with van der Waals surface area (Å²) in [5, 5.41) is 3.52. The molecule has 1 atom stereocenters. The van der Waals surface area contributed by atoms with Gasteiger partial charge in [-0.25, -0.2) is 0 Å². The summed E-state index contributed by atoms with van der Waals surface area (Å²) in [5.74, 6) is -0.540. The first kappa shape index (κ1) is 17.4. The highest BCUT2D eigenvalue weighted by Gasteiger charge is 2.24. The van der Waals surface area contributed by atoms with Gasteiger partial charge in [0, 0.05) is 22.4 Å². The van der Waals surface area contributed by atoms with Gasteiger partial charge in [-0.2, -0.15) is 0 Å². The number of fused-ring (bicyclic) bond motifs is 1. The van der Waals surface area contributed by atoms with Gasteiger partial charge < -0.3 is 16.0 Å². The van der Waals surface area contributed by atoms with Gasteiger partial charge in [-0.3, -0.25) is 9.59 Å². The predicted molar refractivity (Wildman–Crippen MR) is 102 cm³/mol. The van der Waals surface area contributed by atoms with Gasteiger partial charge in [-0.1, -0.05) is 31.2 Å². The fourth-order valence-electron chi connectivity index (χ4n) is 2.86. The van der Waals surface area contributed by atoms with Gasteiger partial charge in [0.15, 0.2) is 0 Å². The van der Waals surface area contributed by atoms with Crippen molar-refractivity contribution in [2.45, 2.75) is 23.5 Å². The molecule has 0 fully saturated rings. The van der Waals surface area contributed by atoms with E-state index in [1.54, 1.807) is 36.0 Å². The minimum atomic E-state index is -0.513. The lowest BCUT2D eigenvalue weighted by molar-refractivity contribution is -0.117. The van der Waals surface area contributed by atoms with Crippen LogP contribution in [0.4, 0.5) is 11.4 Å². The summed E-state index contributed by atoms with van der Waals surface area (Å²) in [6, 6.07) is 14.9. The third-order valence-corrected chi connectivity index (χ3v) is 5.40. The van der Waals surface area contributed by atoms with E-state index in [1.165, 1.54) is 0 Å². The van der Waals surface area contributed by atoms with Crippen molar-refractivity contribution in [3.05, 3.63) is 54.1 Å². The summed E-state index contributed by atoms with van der Waals surface area (Å²) < 4.78 is 0. The van der Waals surface area contributed by atoms with Gasteiger partial charge >= 0.3 is 0 Å². The van der Waals surface area contributed by atoms with E-state index in [4.69, 9.17) is 5.73 Å². The van der Waals surface area contributed by atoms with Crippen molar-refractivity contribution in [2.24, 2.45) is 5.73 Å². The highest BCUT2D eigenvalue weighted by molar-refractivity contribution is 8.00. The number of amides is 2. The Morgan fingerprint density at radius 1 is 1.20 bits per heavy atom. The zero-order valence-electron chi connectivity index (χ0n) is 14.1. The standard InChI is InChI=1S/C19H21N3O2S/c1-13-10-11-22(16-8-4-5-9-17(16)25-13)18(23)12-21-15-7-3-2-6-14(15)19(20)24/h2-9,13,21H,10-12H2,1H3,(H2,20,24)/t13-/m0/s1. The minimum Gasteiger partial charge on any atom is -0.375 e. The first-order valence-corrected chi connectivity index (χ1v) is 9.13. The van der Waals surface area contributed by atoms with Crippen LogP contribution in [0.1, 0.15) is 23.7 Å². The maximum Gasteiger partial charge on any atom is 0.250 e. The Bertz CT molecular complexity index is 794. The summed E-state index contributed by atoms with van der Waals surface area (Å²) in [6.45, 7) is 2.97. The van der Waals surface area contributed by atoms with Gasteiger partial charge in [0.1, 0.15) is 0 Å². The number of benzene rings is 2. The maximum atomic E-state index is 12.8. The second-order valence-electron chi connectivity index (χ2n) is 5.99. The number of anilines is 2. The lowest BCUT2D eigenvalue weighted by Gasteiger charge is -2.23. The SMILES string of the molecule is C[C@H]1CCN(C(=O)CNc2ccccc2C(N)=O)c2ccccc2S1. The Hall–Kier alpha value is -2.47. The normalized spacial score (nSPS) is 16.7. The molecule has 6 heteroatoms. The number of para-hydroxylation sites is 2. The lowest BCUT2D eigenvalue weighted by atomic mass is 10.1. The Labute approximate surface area is 151 Å². The van der Waals surface area contributed by atoms with Gasteiger partial charge in [0.2, 0.25) is 5.91 Å². The van der Waals surface area contributed by atoms with E-state index >= 15 is 0 Å². The Balaban J connectivity index is 1.77. The number of nitrogens with two attached hydrogens (primary N) is 1. The molecule has 0 unspecified atom stereocenters. The van der Waals surface area contributed by atoms with E-state index in [0.29, 0.717) is 23.0 Å². The molecule has 2 amide bonds. The van der Waals surface area contributed by atoms with Crippen LogP contribution in [0.2, 0.25) is 0 Å². The first-order chi connectivity index (χ1) is 12.1. The van der Waals surface area contributed by atoms with Crippen LogP contribution < -0.4 is 16.0 Å². The second kappa shape index (κ2) is 7.61. The maximum absolute atomic E-state index is 12.8. The van der Waals surface area contributed by atoms with E-state index in [2.05, 4.69) is 18.3 Å². The number of thioether (sulfide) groups is 1. The third-order valence-electron chi connectivity index (χ3n) is 4.17. The van der Waals surface area contributed by atoms with Gasteiger partial charge in [0.25, 0.3) is 5.91 Å². The lowest BCUT2D eigenvalue weighted by Crippen LogP contribution is -2.36. The smallest absolute Gasteiger partial charge is 0.250 e. The first-order valence-electron chi connectivity index (χ1n) is 8.25. The van der Waals surface area contributed by atoms with E-state index in [-0.39, 0.29) is 12.5 Å². The molecule has 2 aromatic rings. The number of primary amides is 1. The molecule has 0 aromatic heterocycles. The average Bonchev–Trinajstić information content (AvgIpc) is 2.78. The zero-order chi connectivity index (χ0) is 17.8. The predicted octanol–water partition coefficient (Wildman–Crippen LogP) is 3.11. The number of nitrogens with one attached hydrogen (secondary N) is 1. The molecular weight excluding hydrogens is 334 g/mol. The Morgan fingerprint density at radius 3 is 2.72 bits per heavy atom. The Kier molecular flexibility index (Phi) is 5.28. The van der Waals surface area contributed by atoms with Crippen LogP contribution >= 0.6 is 11.8 Å². The number of rotatable bonds is 4. The Morgan fingerprint density at radius 2 is 1.92 bits per heavy atom. The molecule has 25 heavy (non-hydrogen) atoms. The van der Waals surface area contributed by atoms with E-state index in [9.17, 15) is 9.59 Å². The number of hydrogen-bond acceptors (Lipinski definition) is 4. The minimum absolute atomic E-state index is 0.0265. The summed E-state index contributed by atoms with van der Waals surface area (Å²) >= 11 is 1.80. The summed E-state index contributed by atoms with van der Waals surface area (Å²) in [5.41, 5.74) is 7.30. The van der Waals surface area contributed by atoms with Crippen molar-refractivity contribution in [1.29, 1.82) is 0 Å². The summed E-state index contributed by atoms with van der Waals surface area (Å²) in [6.07, 6.45) is 0.933. The highest BCUT2D eigenvalue weighted by atomic mass is 32.2. The average molecular weight is 355 g/mol. The van der Waals surface area contributed by atoms with Crippen LogP contribution in [0.3, 0.4) is 0 Å². The van der Waals surface area contributed by atoms with Crippen LogP contribution in [-0.4, -0.2) is 30.2 Å². The van der Waals surface area contributed by atoms with Crippen molar-refractivity contribution in [1.82, 2.24) is 0 Å². The van der Waals surface area contributed by atoms with Crippen molar-refractivity contribution in [2.75, 3.05) is 23.3 Å². The van der Waals surface area contributed by atoms with Crippen molar-refractivity contribution in [3.8, 4) is 0 Å². The molecule has 0 radical (unpaired) electrons. The molecule has 1 aliphatic heterocycles. The molecule has 2 aromatic carbocycles. The molecule has 0 saturated carbocycles. The number of nitrogens with zero attached hydrogens (tertiary/aromatic N) is 1. The molecular formula is C19H21N3O2S. The van der Waals surface area contributed by atoms with Gasteiger partial charge in [0.05, 0.1) is 17.8 Å². The summed E-state index contributed by atoms with van der Waals surface area (Å²) in [4.78, 5) is 27.3. The molecule has 1 heterocycles. The van der Waals surface area contributed by atoms with Crippen LogP contribution in [0.5, 0.6) is 0 Å². The largest absolute Gasteiger partial charge is 0.375 e. The second-order valence-corrected chi connectivity index (χ2v) is 7.47. The quantitative estimate of drug-likeness (QED) is 0.884. The van der Waals surface area contributed by atoms with Crippen LogP contribution in [-0.2, 0) is 4.79 Å². The van der Waals surface area contributed by atoms with Gasteiger partial charge in [-0.05, 0) is 30.7 Å². The molecule has 0 aliphatic carbocycles. The van der Waals surface area contributed by atoms with Crippen molar-refractivity contribution < 1.29 is 9.59 Å². The fraction of sp³-hybridized carbons (Fsp3) is 0.263. The van der Waals surface area contributed by atoms with E-state index < -0.39 is 5.91 Å². The van der Waals surface area contributed by atoms with Crippen LogP contribution in [0.25, 0.3) is 0 Å². The molecule has 5 nitrogen and oxygen atoms in total. The van der Waals surface area contributed by atoms with Gasteiger partial charge in [-0.15, -0.1) is 11.8 Å². The molecule has 130 valence electrons. The van der Waals surface area contributed by atoms with Crippen molar-refractivity contribution >= 4 is 35.0 Å². The van der Waals surface area contributed by atoms with E-state index in [1.807, 2.05) is 23.1 Å². The number of carbonyl (C=O) groups excluding carboxylic acids is 2. The molecule has 1 aliphatic rings. The monoisotopic (exact) mass is 355 g/mol. The topological polar surface area (TPSA) is 75.4 Å². The van der Waals surface area contributed by atoms with Crippen LogP contribution in [0, 0.1) is 0 Å².